The zero-order chi connectivity index (χ0) is 47.3. The van der Waals surface area contributed by atoms with Crippen LogP contribution in [0.1, 0.15) is 74.9 Å². The van der Waals surface area contributed by atoms with Gasteiger partial charge in [0, 0.05) is 33.3 Å². The summed E-state index contributed by atoms with van der Waals surface area (Å²) in [6.45, 7) is 14.2. The Morgan fingerprint density at radius 2 is 0.557 bits per heavy atom. The molecular formula is C69H53N. The third-order valence-electron chi connectivity index (χ3n) is 16.9. The molecule has 0 bridgehead atoms. The minimum atomic E-state index is -0.119. The molecule has 3 aliphatic carbocycles. The number of nitrogens with zero attached hydrogens (tertiary/aromatic N) is 1. The van der Waals surface area contributed by atoms with Crippen molar-refractivity contribution in [1.29, 1.82) is 0 Å². The van der Waals surface area contributed by atoms with E-state index >= 15 is 0 Å². The van der Waals surface area contributed by atoms with Gasteiger partial charge >= 0.3 is 0 Å². The summed E-state index contributed by atoms with van der Waals surface area (Å²) in [4.78, 5) is 2.48. The summed E-state index contributed by atoms with van der Waals surface area (Å²) in [5.41, 5.74) is 24.5. The predicted octanol–water partition coefficient (Wildman–Crippen LogP) is 18.9. The van der Waals surface area contributed by atoms with Crippen molar-refractivity contribution in [3.05, 3.63) is 246 Å². The first-order valence-corrected chi connectivity index (χ1v) is 25.0. The topological polar surface area (TPSA) is 3.24 Å². The van der Waals surface area contributed by atoms with Gasteiger partial charge in [-0.15, -0.1) is 0 Å². The Kier molecular flexibility index (Phi) is 8.50. The SMILES string of the molecule is CC1(C)c2ccccc2-c2ccc(-c3cc4c5ccccc5c(-c5ccc(N(c6ccc7c(c6)C(C)(C)c6ccccc6-7)c6ccc7c(c6)C(C)(C)c6ccccc6-7)cc5)cc4c4ccccc34)cc21. The summed E-state index contributed by atoms with van der Waals surface area (Å²) in [5.74, 6) is 0. The quantitative estimate of drug-likeness (QED) is 0.156. The number of fused-ring (bicyclic) bond motifs is 14. The lowest BCUT2D eigenvalue weighted by atomic mass is 9.81. The molecule has 0 unspecified atom stereocenters. The normalized spacial score (nSPS) is 15.1. The molecule has 0 amide bonds. The third kappa shape index (κ3) is 5.67. The highest BCUT2D eigenvalue weighted by Gasteiger charge is 2.38. The van der Waals surface area contributed by atoms with Gasteiger partial charge < -0.3 is 4.90 Å². The van der Waals surface area contributed by atoms with Crippen LogP contribution in [0.2, 0.25) is 0 Å². The molecule has 11 aromatic carbocycles. The van der Waals surface area contributed by atoms with E-state index in [1.54, 1.807) is 0 Å². The van der Waals surface area contributed by atoms with Crippen molar-refractivity contribution >= 4 is 49.4 Å². The van der Waals surface area contributed by atoms with Gasteiger partial charge in [-0.1, -0.05) is 199 Å². The molecular weight excluding hydrogens is 843 g/mol. The number of anilines is 3. The van der Waals surface area contributed by atoms with Gasteiger partial charge in [0.2, 0.25) is 0 Å². The minimum absolute atomic E-state index is 0.0714. The average molecular weight is 896 g/mol. The molecule has 1 heteroatoms. The van der Waals surface area contributed by atoms with Crippen LogP contribution in [0.5, 0.6) is 0 Å². The number of hydrogen-bond acceptors (Lipinski definition) is 1. The van der Waals surface area contributed by atoms with E-state index < -0.39 is 0 Å². The van der Waals surface area contributed by atoms with Crippen LogP contribution in [-0.2, 0) is 16.2 Å². The van der Waals surface area contributed by atoms with Crippen LogP contribution in [0.15, 0.2) is 212 Å². The molecule has 0 atom stereocenters. The van der Waals surface area contributed by atoms with E-state index in [2.05, 4.69) is 259 Å². The molecule has 0 saturated heterocycles. The fourth-order valence-corrected chi connectivity index (χ4v) is 13.2. The maximum absolute atomic E-state index is 2.48. The highest BCUT2D eigenvalue weighted by molar-refractivity contribution is 6.24. The van der Waals surface area contributed by atoms with Gasteiger partial charge in [0.15, 0.2) is 0 Å². The third-order valence-corrected chi connectivity index (χ3v) is 16.9. The van der Waals surface area contributed by atoms with Crippen LogP contribution in [0.25, 0.3) is 88.0 Å². The highest BCUT2D eigenvalue weighted by atomic mass is 15.1. The van der Waals surface area contributed by atoms with Crippen LogP contribution in [0, 0.1) is 0 Å². The molecule has 0 fully saturated rings. The maximum Gasteiger partial charge on any atom is 0.0465 e. The molecule has 70 heavy (non-hydrogen) atoms. The maximum atomic E-state index is 2.48. The fraction of sp³-hybridized carbons (Fsp3) is 0.130. The second-order valence-corrected chi connectivity index (χ2v) is 21.6. The summed E-state index contributed by atoms with van der Waals surface area (Å²) in [7, 11) is 0. The van der Waals surface area contributed by atoms with Gasteiger partial charge in [0.1, 0.15) is 0 Å². The van der Waals surface area contributed by atoms with Crippen molar-refractivity contribution < 1.29 is 0 Å². The Hall–Kier alpha value is -8.00. The van der Waals surface area contributed by atoms with E-state index in [0.29, 0.717) is 0 Å². The summed E-state index contributed by atoms with van der Waals surface area (Å²) in [5, 5.41) is 7.63. The molecule has 0 radical (unpaired) electrons. The van der Waals surface area contributed by atoms with E-state index in [1.807, 2.05) is 0 Å². The molecule has 0 N–H and O–H groups in total. The summed E-state index contributed by atoms with van der Waals surface area (Å²) in [6.07, 6.45) is 0. The van der Waals surface area contributed by atoms with Gasteiger partial charge in [0.25, 0.3) is 0 Å². The van der Waals surface area contributed by atoms with Crippen molar-refractivity contribution in [2.75, 3.05) is 4.90 Å². The molecule has 0 aliphatic heterocycles. The Morgan fingerprint density at radius 3 is 1.01 bits per heavy atom. The second-order valence-electron chi connectivity index (χ2n) is 21.6. The van der Waals surface area contributed by atoms with Crippen LogP contribution in [0.4, 0.5) is 17.1 Å². The van der Waals surface area contributed by atoms with E-state index in [4.69, 9.17) is 0 Å². The molecule has 11 aromatic rings. The van der Waals surface area contributed by atoms with E-state index in [0.717, 1.165) is 17.1 Å². The van der Waals surface area contributed by atoms with Gasteiger partial charge in [-0.05, 0) is 176 Å². The van der Waals surface area contributed by atoms with Crippen molar-refractivity contribution in [3.8, 4) is 55.6 Å². The summed E-state index contributed by atoms with van der Waals surface area (Å²) >= 11 is 0. The summed E-state index contributed by atoms with van der Waals surface area (Å²) in [6, 6.07) is 80.6. The monoisotopic (exact) mass is 895 g/mol. The Bertz CT molecular complexity index is 3920. The average Bonchev–Trinajstić information content (AvgIpc) is 3.87. The molecule has 3 aliphatic rings. The zero-order valence-corrected chi connectivity index (χ0v) is 40.7. The predicted molar refractivity (Wildman–Crippen MR) is 297 cm³/mol. The molecule has 0 saturated carbocycles. The van der Waals surface area contributed by atoms with E-state index in [-0.39, 0.29) is 16.2 Å². The van der Waals surface area contributed by atoms with Crippen LogP contribution >= 0.6 is 0 Å². The first-order valence-electron chi connectivity index (χ1n) is 25.0. The van der Waals surface area contributed by atoms with Crippen LogP contribution < -0.4 is 4.90 Å². The second kappa shape index (κ2) is 14.5. The van der Waals surface area contributed by atoms with Crippen LogP contribution in [-0.4, -0.2) is 0 Å². The first-order chi connectivity index (χ1) is 34.0. The lowest BCUT2D eigenvalue weighted by Gasteiger charge is -2.30. The van der Waals surface area contributed by atoms with E-state index in [1.165, 1.54) is 121 Å². The lowest BCUT2D eigenvalue weighted by molar-refractivity contribution is 0.660. The van der Waals surface area contributed by atoms with Gasteiger partial charge in [-0.25, -0.2) is 0 Å². The molecule has 1 nitrogen and oxygen atoms in total. The Labute approximate surface area is 411 Å². The number of hydrogen-bond donors (Lipinski definition) is 0. The largest absolute Gasteiger partial charge is 0.310 e. The van der Waals surface area contributed by atoms with Gasteiger partial charge in [-0.2, -0.15) is 0 Å². The number of benzene rings is 11. The Balaban J connectivity index is 0.915. The summed E-state index contributed by atoms with van der Waals surface area (Å²) < 4.78 is 0. The van der Waals surface area contributed by atoms with Crippen LogP contribution in [0.3, 0.4) is 0 Å². The van der Waals surface area contributed by atoms with Crippen molar-refractivity contribution in [1.82, 2.24) is 0 Å². The standard InChI is InChI=1S/C69H53N/c1-67(2)61-24-14-11-21-51(61)54-34-29-43(37-64(54)67)58-41-60-49-19-9-7-17-47(49)57(40-59(60)50-20-10-8-18-48(50)58)42-27-30-44(31-28-42)70(45-32-35-55-52-22-12-15-25-62(52)68(3,4)65(55)38-45)46-33-36-56-53-23-13-16-26-63(53)69(5,6)66(56)39-46/h7-41H,1-6H3. The smallest absolute Gasteiger partial charge is 0.0465 e. The lowest BCUT2D eigenvalue weighted by Crippen LogP contribution is -2.18. The first kappa shape index (κ1) is 41.0. The molecule has 0 heterocycles. The van der Waals surface area contributed by atoms with E-state index in [9.17, 15) is 0 Å². The van der Waals surface area contributed by atoms with Gasteiger partial charge in [-0.3, -0.25) is 0 Å². The molecule has 334 valence electrons. The zero-order valence-electron chi connectivity index (χ0n) is 40.7. The van der Waals surface area contributed by atoms with Gasteiger partial charge in [0.05, 0.1) is 0 Å². The van der Waals surface area contributed by atoms with Crippen molar-refractivity contribution in [3.63, 3.8) is 0 Å². The molecule has 14 rings (SSSR count). The number of rotatable bonds is 5. The minimum Gasteiger partial charge on any atom is -0.310 e. The Morgan fingerprint density at radius 1 is 0.229 bits per heavy atom. The molecule has 0 aromatic heterocycles. The van der Waals surface area contributed by atoms with Crippen molar-refractivity contribution in [2.45, 2.75) is 57.8 Å². The fourth-order valence-electron chi connectivity index (χ4n) is 13.2. The molecule has 0 spiro atoms. The van der Waals surface area contributed by atoms with Crippen molar-refractivity contribution in [2.24, 2.45) is 0 Å². The highest BCUT2D eigenvalue weighted by Crippen LogP contribution is 2.54.